The molecule has 0 aliphatic heterocycles. The lowest BCUT2D eigenvalue weighted by molar-refractivity contribution is 0.102. The largest absolute Gasteiger partial charge is 0.322 e. The lowest BCUT2D eigenvalue weighted by Gasteiger charge is -2.09. The van der Waals surface area contributed by atoms with Crippen LogP contribution in [-0.2, 0) is 16.4 Å². The molecule has 0 radical (unpaired) electrons. The van der Waals surface area contributed by atoms with E-state index in [9.17, 15) is 13.2 Å². The third kappa shape index (κ3) is 5.88. The van der Waals surface area contributed by atoms with Crippen LogP contribution in [0.1, 0.15) is 21.5 Å². The highest BCUT2D eigenvalue weighted by atomic mass is 127. The van der Waals surface area contributed by atoms with E-state index in [4.69, 9.17) is 0 Å². The first kappa shape index (κ1) is 21.5. The topological polar surface area (TPSA) is 75.3 Å². The number of hydrogen-bond acceptors (Lipinski definition) is 3. The summed E-state index contributed by atoms with van der Waals surface area (Å²) in [4.78, 5) is 12.6. The standard InChI is InChI=1S/C22H21IN2O3S/c1-16-7-8-18(15-21(16)23)22(26)25-19-9-11-20(12-10-19)29(27,28)24-14-13-17-5-3-2-4-6-17/h2-12,15,24H,13-14H2,1H3,(H,25,26). The van der Waals surface area contributed by atoms with E-state index in [1.807, 2.05) is 49.4 Å². The average molecular weight is 520 g/mol. The average Bonchev–Trinajstić information content (AvgIpc) is 2.71. The monoisotopic (exact) mass is 520 g/mol. The van der Waals surface area contributed by atoms with E-state index in [-0.39, 0.29) is 10.8 Å². The Morgan fingerprint density at radius 3 is 2.31 bits per heavy atom. The number of rotatable bonds is 7. The Morgan fingerprint density at radius 1 is 0.966 bits per heavy atom. The highest BCUT2D eigenvalue weighted by Gasteiger charge is 2.14. The van der Waals surface area contributed by atoms with Gasteiger partial charge in [0.2, 0.25) is 10.0 Å². The normalized spacial score (nSPS) is 11.2. The molecule has 0 aliphatic carbocycles. The van der Waals surface area contributed by atoms with Gasteiger partial charge in [0.25, 0.3) is 5.91 Å². The SMILES string of the molecule is Cc1ccc(C(=O)Nc2ccc(S(=O)(=O)NCCc3ccccc3)cc2)cc1I. The molecule has 2 N–H and O–H groups in total. The summed E-state index contributed by atoms with van der Waals surface area (Å²) in [6.45, 7) is 2.30. The molecule has 0 unspecified atom stereocenters. The van der Waals surface area contributed by atoms with E-state index in [2.05, 4.69) is 32.6 Å². The van der Waals surface area contributed by atoms with Crippen LogP contribution in [-0.4, -0.2) is 20.9 Å². The van der Waals surface area contributed by atoms with Crippen molar-refractivity contribution < 1.29 is 13.2 Å². The Balaban J connectivity index is 1.61. The van der Waals surface area contributed by atoms with Crippen LogP contribution in [0.2, 0.25) is 0 Å². The zero-order valence-electron chi connectivity index (χ0n) is 15.9. The minimum Gasteiger partial charge on any atom is -0.322 e. The van der Waals surface area contributed by atoms with Gasteiger partial charge in [0, 0.05) is 21.4 Å². The Hall–Kier alpha value is -2.23. The van der Waals surface area contributed by atoms with Crippen LogP contribution in [0.3, 0.4) is 0 Å². The van der Waals surface area contributed by atoms with Gasteiger partial charge in [-0.2, -0.15) is 0 Å². The van der Waals surface area contributed by atoms with Crippen LogP contribution in [0, 0.1) is 10.5 Å². The molecule has 5 nitrogen and oxygen atoms in total. The number of hydrogen-bond donors (Lipinski definition) is 2. The van der Waals surface area contributed by atoms with Gasteiger partial charge in [-0.1, -0.05) is 36.4 Å². The van der Waals surface area contributed by atoms with Crippen LogP contribution in [0.15, 0.2) is 77.7 Å². The summed E-state index contributed by atoms with van der Waals surface area (Å²) in [5.41, 5.74) is 3.27. The van der Waals surface area contributed by atoms with Crippen LogP contribution >= 0.6 is 22.6 Å². The Bertz CT molecular complexity index is 1100. The van der Waals surface area contributed by atoms with Crippen molar-refractivity contribution in [1.82, 2.24) is 4.72 Å². The molecule has 3 aromatic carbocycles. The summed E-state index contributed by atoms with van der Waals surface area (Å²) in [6, 6.07) is 21.3. The van der Waals surface area contributed by atoms with Gasteiger partial charge in [0.1, 0.15) is 0 Å². The van der Waals surface area contributed by atoms with Gasteiger partial charge in [-0.15, -0.1) is 0 Å². The van der Waals surface area contributed by atoms with Crippen molar-refractivity contribution in [2.75, 3.05) is 11.9 Å². The van der Waals surface area contributed by atoms with Gasteiger partial charge in [0.05, 0.1) is 4.90 Å². The van der Waals surface area contributed by atoms with Crippen molar-refractivity contribution in [2.24, 2.45) is 0 Å². The predicted molar refractivity (Wildman–Crippen MR) is 124 cm³/mol. The Kier molecular flexibility index (Phi) is 7.05. The molecule has 29 heavy (non-hydrogen) atoms. The molecule has 7 heteroatoms. The number of amides is 1. The number of halogens is 1. The smallest absolute Gasteiger partial charge is 0.255 e. The third-order valence-corrected chi connectivity index (χ3v) is 7.04. The van der Waals surface area contributed by atoms with E-state index in [0.717, 1.165) is 14.7 Å². The molecule has 150 valence electrons. The van der Waals surface area contributed by atoms with Crippen LogP contribution in [0.25, 0.3) is 0 Å². The first-order chi connectivity index (χ1) is 13.8. The molecule has 0 aromatic heterocycles. The maximum atomic E-state index is 12.4. The molecule has 0 fully saturated rings. The number of aryl methyl sites for hydroxylation is 1. The van der Waals surface area contributed by atoms with Crippen LogP contribution in [0.4, 0.5) is 5.69 Å². The number of sulfonamides is 1. The molecule has 0 aliphatic rings. The molecule has 0 atom stereocenters. The van der Waals surface area contributed by atoms with Gasteiger partial charge in [-0.05, 0) is 83.5 Å². The van der Waals surface area contributed by atoms with E-state index in [1.165, 1.54) is 12.1 Å². The predicted octanol–water partition coefficient (Wildman–Crippen LogP) is 4.37. The molecular weight excluding hydrogens is 499 g/mol. The molecule has 0 saturated heterocycles. The van der Waals surface area contributed by atoms with Gasteiger partial charge in [-0.3, -0.25) is 4.79 Å². The summed E-state index contributed by atoms with van der Waals surface area (Å²) in [7, 11) is -3.60. The van der Waals surface area contributed by atoms with Crippen LogP contribution < -0.4 is 10.0 Å². The maximum absolute atomic E-state index is 12.4. The van der Waals surface area contributed by atoms with Crippen molar-refractivity contribution in [3.05, 3.63) is 93.1 Å². The summed E-state index contributed by atoms with van der Waals surface area (Å²) in [6.07, 6.45) is 0.615. The summed E-state index contributed by atoms with van der Waals surface area (Å²) < 4.78 is 28.5. The highest BCUT2D eigenvalue weighted by molar-refractivity contribution is 14.1. The lowest BCUT2D eigenvalue weighted by atomic mass is 10.1. The summed E-state index contributed by atoms with van der Waals surface area (Å²) in [5.74, 6) is -0.237. The highest BCUT2D eigenvalue weighted by Crippen LogP contribution is 2.17. The Labute approximate surface area is 184 Å². The fourth-order valence-corrected chi connectivity index (χ4v) is 4.26. The van der Waals surface area contributed by atoms with E-state index in [1.54, 1.807) is 18.2 Å². The molecule has 3 rings (SSSR count). The van der Waals surface area contributed by atoms with Gasteiger partial charge in [-0.25, -0.2) is 13.1 Å². The first-order valence-electron chi connectivity index (χ1n) is 9.06. The second-order valence-electron chi connectivity index (χ2n) is 6.58. The number of anilines is 1. The minimum absolute atomic E-state index is 0.161. The molecule has 0 bridgehead atoms. The van der Waals surface area contributed by atoms with Crippen molar-refractivity contribution in [1.29, 1.82) is 0 Å². The van der Waals surface area contributed by atoms with Crippen molar-refractivity contribution in [2.45, 2.75) is 18.2 Å². The van der Waals surface area contributed by atoms with Crippen molar-refractivity contribution in [3.63, 3.8) is 0 Å². The molecule has 0 spiro atoms. The molecular formula is C22H21IN2O3S. The fraction of sp³-hybridized carbons (Fsp3) is 0.136. The number of nitrogens with one attached hydrogen (secondary N) is 2. The minimum atomic E-state index is -3.60. The first-order valence-corrected chi connectivity index (χ1v) is 11.6. The molecule has 0 heterocycles. The van der Waals surface area contributed by atoms with Crippen molar-refractivity contribution >= 4 is 44.2 Å². The number of carbonyl (C=O) groups is 1. The molecule has 0 saturated carbocycles. The second kappa shape index (κ2) is 9.51. The fourth-order valence-electron chi connectivity index (χ4n) is 2.71. The van der Waals surface area contributed by atoms with E-state index in [0.29, 0.717) is 24.2 Å². The maximum Gasteiger partial charge on any atom is 0.255 e. The number of carbonyl (C=O) groups excluding carboxylic acids is 1. The van der Waals surface area contributed by atoms with Gasteiger partial charge < -0.3 is 5.32 Å². The molecule has 3 aromatic rings. The second-order valence-corrected chi connectivity index (χ2v) is 9.50. The summed E-state index contributed by atoms with van der Waals surface area (Å²) >= 11 is 2.19. The zero-order chi connectivity index (χ0) is 20.9. The van der Waals surface area contributed by atoms with Crippen LogP contribution in [0.5, 0.6) is 0 Å². The van der Waals surface area contributed by atoms with E-state index < -0.39 is 10.0 Å². The zero-order valence-corrected chi connectivity index (χ0v) is 18.8. The van der Waals surface area contributed by atoms with E-state index >= 15 is 0 Å². The quantitative estimate of drug-likeness (QED) is 0.455. The molecule has 1 amide bonds. The number of benzene rings is 3. The van der Waals surface area contributed by atoms with Gasteiger partial charge >= 0.3 is 0 Å². The van der Waals surface area contributed by atoms with Crippen molar-refractivity contribution in [3.8, 4) is 0 Å². The van der Waals surface area contributed by atoms with Gasteiger partial charge in [0.15, 0.2) is 0 Å². The summed E-state index contributed by atoms with van der Waals surface area (Å²) in [5, 5.41) is 2.79. The Morgan fingerprint density at radius 2 is 1.66 bits per heavy atom. The lowest BCUT2D eigenvalue weighted by Crippen LogP contribution is -2.26. The third-order valence-electron chi connectivity index (χ3n) is 4.41.